The van der Waals surface area contributed by atoms with Crippen molar-refractivity contribution in [2.24, 2.45) is 19.1 Å². The summed E-state index contributed by atoms with van der Waals surface area (Å²) in [5, 5.41) is 9.04. The van der Waals surface area contributed by atoms with Gasteiger partial charge in [-0.1, -0.05) is 11.6 Å². The molecule has 17 heteroatoms. The van der Waals surface area contributed by atoms with Crippen molar-refractivity contribution in [1.29, 1.82) is 0 Å². The maximum absolute atomic E-state index is 14.8. The number of aromatic nitrogens is 8. The predicted octanol–water partition coefficient (Wildman–Crippen LogP) is 1.75. The van der Waals surface area contributed by atoms with Crippen LogP contribution in [0.5, 0.6) is 0 Å². The summed E-state index contributed by atoms with van der Waals surface area (Å²) in [4.78, 5) is 47.7. The molecule has 0 spiro atoms. The second-order valence-electron chi connectivity index (χ2n) is 9.20. The van der Waals surface area contributed by atoms with Crippen LogP contribution in [0.25, 0.3) is 10.9 Å². The summed E-state index contributed by atoms with van der Waals surface area (Å²) in [7, 11) is 3.27. The Hall–Kier alpha value is -4.99. The van der Waals surface area contributed by atoms with Crippen molar-refractivity contribution in [3.63, 3.8) is 0 Å². The summed E-state index contributed by atoms with van der Waals surface area (Å²) in [6.45, 7) is -0.742. The number of hydrogen-bond acceptors (Lipinski definition) is 8. The molecule has 0 aliphatic heterocycles. The number of ether oxygens (including phenoxy) is 1. The Kier molecular flexibility index (Phi) is 7.55. The molecule has 0 saturated heterocycles. The average Bonchev–Trinajstić information content (AvgIpc) is 3.50. The molecule has 0 unspecified atom stereocenters. The fourth-order valence-corrected chi connectivity index (χ4v) is 4.36. The van der Waals surface area contributed by atoms with E-state index < -0.39 is 65.8 Å². The molecule has 0 saturated carbocycles. The highest BCUT2D eigenvalue weighted by Crippen LogP contribution is 2.29. The van der Waals surface area contributed by atoms with E-state index in [2.05, 4.69) is 20.2 Å². The van der Waals surface area contributed by atoms with Crippen LogP contribution in [0.3, 0.4) is 0 Å². The first kappa shape index (κ1) is 28.5. The first-order valence-electron chi connectivity index (χ1n) is 12.1. The van der Waals surface area contributed by atoms with Crippen molar-refractivity contribution < 1.29 is 22.7 Å². The third kappa shape index (κ3) is 5.60. The van der Waals surface area contributed by atoms with E-state index in [1.807, 2.05) is 0 Å². The standard InChI is InChI=1S/C25H21ClF3N9O4/c1-13(39)42-12-38-23(31-21-5-15-8-34(2)32-20(15)6-16(21)26)36(9-14-4-18(28)19(29)7-17(14)27)24(40)37(25(38)41)10-22-30-11-35(3)33-22/h4-8,11H,9-10,12H2,1-3H3. The Balaban J connectivity index is 1.84. The second kappa shape index (κ2) is 11.1. The molecular weight excluding hydrogens is 583 g/mol. The van der Waals surface area contributed by atoms with E-state index >= 15 is 0 Å². The van der Waals surface area contributed by atoms with Crippen molar-refractivity contribution in [2.75, 3.05) is 0 Å². The highest BCUT2D eigenvalue weighted by Gasteiger charge is 2.20. The number of carbonyl (C=O) groups is 1. The average molecular weight is 604 g/mol. The van der Waals surface area contributed by atoms with Gasteiger partial charge in [-0.25, -0.2) is 41.9 Å². The summed E-state index contributed by atoms with van der Waals surface area (Å²) >= 11 is 6.46. The summed E-state index contributed by atoms with van der Waals surface area (Å²) in [6, 6.07) is 3.97. The third-order valence-corrected chi connectivity index (χ3v) is 6.38. The van der Waals surface area contributed by atoms with Gasteiger partial charge >= 0.3 is 17.3 Å². The number of rotatable bonds is 7. The largest absolute Gasteiger partial charge is 0.444 e. The van der Waals surface area contributed by atoms with Crippen molar-refractivity contribution in [1.82, 2.24) is 38.2 Å². The number of esters is 1. The van der Waals surface area contributed by atoms with Gasteiger partial charge in [-0.05, 0) is 18.2 Å². The van der Waals surface area contributed by atoms with E-state index in [0.29, 0.717) is 27.6 Å². The van der Waals surface area contributed by atoms with Gasteiger partial charge < -0.3 is 4.74 Å². The maximum Gasteiger partial charge on any atom is 0.338 e. The van der Waals surface area contributed by atoms with Crippen LogP contribution in [-0.2, 0) is 43.4 Å². The summed E-state index contributed by atoms with van der Waals surface area (Å²) in [5.41, 5.74) is -2.24. The molecule has 0 aliphatic carbocycles. The van der Waals surface area contributed by atoms with Crippen molar-refractivity contribution >= 4 is 34.2 Å². The van der Waals surface area contributed by atoms with Crippen LogP contribution in [0, 0.1) is 17.5 Å². The van der Waals surface area contributed by atoms with Gasteiger partial charge in [0.05, 0.1) is 29.3 Å². The molecule has 5 aromatic rings. The SMILES string of the molecule is CC(=O)OCn1c(=O)n(Cc2ncn(C)n2)c(=O)n(Cc2cc(F)c(F)cc2F)c1=Nc1cc2cn(C)nc2cc1Cl. The van der Waals surface area contributed by atoms with E-state index in [4.69, 9.17) is 16.3 Å². The molecule has 42 heavy (non-hydrogen) atoms. The molecule has 0 atom stereocenters. The zero-order valence-corrected chi connectivity index (χ0v) is 23.0. The van der Waals surface area contributed by atoms with Gasteiger partial charge in [-0.15, -0.1) is 0 Å². The topological polar surface area (TPSA) is 136 Å². The minimum atomic E-state index is -1.43. The van der Waals surface area contributed by atoms with E-state index in [1.165, 1.54) is 23.1 Å². The van der Waals surface area contributed by atoms with Gasteiger partial charge in [0.25, 0.3) is 0 Å². The highest BCUT2D eigenvalue weighted by atomic mass is 35.5. The van der Waals surface area contributed by atoms with Gasteiger partial charge in [0.2, 0.25) is 5.62 Å². The Morgan fingerprint density at radius 2 is 1.64 bits per heavy atom. The number of halogens is 4. The van der Waals surface area contributed by atoms with E-state index in [9.17, 15) is 27.6 Å². The quantitative estimate of drug-likeness (QED) is 0.204. The Morgan fingerprint density at radius 1 is 0.929 bits per heavy atom. The fraction of sp³-hybridized carbons (Fsp3) is 0.240. The molecule has 3 aromatic heterocycles. The lowest BCUT2D eigenvalue weighted by Gasteiger charge is -2.16. The minimum Gasteiger partial charge on any atom is -0.444 e. The highest BCUT2D eigenvalue weighted by molar-refractivity contribution is 6.33. The van der Waals surface area contributed by atoms with Crippen molar-refractivity contribution in [3.8, 4) is 0 Å². The first-order chi connectivity index (χ1) is 19.9. The van der Waals surface area contributed by atoms with Crippen LogP contribution in [0.1, 0.15) is 18.3 Å². The Morgan fingerprint density at radius 3 is 2.33 bits per heavy atom. The molecular formula is C25H21ClF3N9O4. The third-order valence-electron chi connectivity index (χ3n) is 6.08. The first-order valence-corrected chi connectivity index (χ1v) is 12.5. The molecule has 0 amide bonds. The number of fused-ring (bicyclic) bond motifs is 1. The normalized spacial score (nSPS) is 11.9. The van der Waals surface area contributed by atoms with Gasteiger partial charge in [0.1, 0.15) is 12.1 Å². The smallest absolute Gasteiger partial charge is 0.338 e. The Bertz CT molecular complexity index is 2060. The van der Waals surface area contributed by atoms with Crippen molar-refractivity contribution in [2.45, 2.75) is 26.7 Å². The van der Waals surface area contributed by atoms with Crippen LogP contribution < -0.4 is 17.0 Å². The molecule has 5 rings (SSSR count). The van der Waals surface area contributed by atoms with Crippen LogP contribution in [-0.4, -0.2) is 44.2 Å². The van der Waals surface area contributed by atoms with Crippen LogP contribution in [0.15, 0.2) is 51.4 Å². The lowest BCUT2D eigenvalue weighted by molar-refractivity contribution is -0.145. The molecule has 0 aliphatic rings. The minimum absolute atomic E-state index is 0.0797. The molecule has 0 bridgehead atoms. The van der Waals surface area contributed by atoms with E-state index in [-0.39, 0.29) is 16.5 Å². The lowest BCUT2D eigenvalue weighted by Crippen LogP contribution is -2.55. The van der Waals surface area contributed by atoms with E-state index in [0.717, 1.165) is 16.1 Å². The number of hydrogen-bond donors (Lipinski definition) is 0. The Labute approximate surface area is 238 Å². The van der Waals surface area contributed by atoms with Gasteiger partial charge in [0, 0.05) is 44.2 Å². The van der Waals surface area contributed by atoms with E-state index in [1.54, 1.807) is 25.0 Å². The number of carbonyl (C=O) groups excluding carboxylic acids is 1. The summed E-state index contributed by atoms with van der Waals surface area (Å²) < 4.78 is 52.9. The number of benzene rings is 2. The molecule has 0 radical (unpaired) electrons. The fourth-order valence-electron chi connectivity index (χ4n) is 4.16. The number of aryl methyl sites for hydroxylation is 2. The van der Waals surface area contributed by atoms with Gasteiger partial charge in [-0.3, -0.25) is 18.7 Å². The van der Waals surface area contributed by atoms with Crippen LogP contribution in [0.2, 0.25) is 5.02 Å². The molecule has 0 fully saturated rings. The van der Waals surface area contributed by atoms with Gasteiger partial charge in [-0.2, -0.15) is 10.2 Å². The number of nitrogens with zero attached hydrogens (tertiary/aromatic N) is 9. The maximum atomic E-state index is 14.8. The zero-order valence-electron chi connectivity index (χ0n) is 22.3. The molecule has 0 N–H and O–H groups in total. The zero-order chi connectivity index (χ0) is 30.3. The van der Waals surface area contributed by atoms with Gasteiger partial charge in [0.15, 0.2) is 24.2 Å². The molecule has 13 nitrogen and oxygen atoms in total. The predicted molar refractivity (Wildman–Crippen MR) is 141 cm³/mol. The van der Waals surface area contributed by atoms with Crippen LogP contribution in [0.4, 0.5) is 18.9 Å². The molecule has 2 aromatic carbocycles. The molecule has 218 valence electrons. The summed E-state index contributed by atoms with van der Waals surface area (Å²) in [6.07, 6.45) is 3.03. The van der Waals surface area contributed by atoms with Crippen molar-refractivity contribution in [3.05, 3.63) is 97.2 Å². The molecule has 3 heterocycles. The monoisotopic (exact) mass is 603 g/mol. The second-order valence-corrected chi connectivity index (χ2v) is 9.61. The summed E-state index contributed by atoms with van der Waals surface area (Å²) in [5.74, 6) is -4.62. The van der Waals surface area contributed by atoms with Crippen LogP contribution >= 0.6 is 11.6 Å². The lowest BCUT2D eigenvalue weighted by atomic mass is 10.2.